The maximum Gasteiger partial charge on any atom is 0.330 e. The Balaban J connectivity index is 1.83. The summed E-state index contributed by atoms with van der Waals surface area (Å²) in [5.41, 5.74) is 5.95. The van der Waals surface area contributed by atoms with Crippen molar-refractivity contribution >= 4 is 34.7 Å². The Morgan fingerprint density at radius 1 is 1.21 bits per heavy atom. The van der Waals surface area contributed by atoms with E-state index in [1.165, 1.54) is 34.1 Å². The molecule has 0 amide bonds. The largest absolute Gasteiger partial charge is 0.463 e. The number of rotatable bonds is 3. The zero-order valence-corrected chi connectivity index (χ0v) is 17.7. The molecule has 4 rings (SSSR count). The minimum absolute atomic E-state index is 0.150. The highest BCUT2D eigenvalue weighted by atomic mass is 32.1. The first kappa shape index (κ1) is 19.8. The van der Waals surface area contributed by atoms with Gasteiger partial charge in [-0.15, -0.1) is 11.3 Å². The zero-order valence-electron chi connectivity index (χ0n) is 16.9. The molecule has 29 heavy (non-hydrogen) atoms. The number of nitrogens with zero attached hydrogens (tertiary/aromatic N) is 1. The number of esters is 1. The first-order valence-corrected chi connectivity index (χ1v) is 10.9. The van der Waals surface area contributed by atoms with Gasteiger partial charge in [0.1, 0.15) is 0 Å². The van der Waals surface area contributed by atoms with Crippen LogP contribution in [0.25, 0.3) is 11.6 Å². The van der Waals surface area contributed by atoms with Gasteiger partial charge in [-0.3, -0.25) is 4.79 Å². The number of ketones is 1. The number of thiophene rings is 1. The van der Waals surface area contributed by atoms with E-state index in [4.69, 9.17) is 4.74 Å². The molecule has 1 aromatic heterocycles. The number of fused-ring (bicyclic) bond motifs is 2. The second-order valence-electron chi connectivity index (χ2n) is 7.52. The molecule has 1 aliphatic carbocycles. The summed E-state index contributed by atoms with van der Waals surface area (Å²) < 4.78 is 4.98. The minimum Gasteiger partial charge on any atom is -0.463 e. The number of likely N-dealkylation sites (tertiary alicyclic amines) is 1. The summed E-state index contributed by atoms with van der Waals surface area (Å²) in [5.74, 6) is -0.210. The highest BCUT2D eigenvalue weighted by molar-refractivity contribution is 7.15. The maximum atomic E-state index is 13.1. The second-order valence-corrected chi connectivity index (χ2v) is 8.60. The topological polar surface area (TPSA) is 46.6 Å². The normalized spacial score (nSPS) is 17.2. The Morgan fingerprint density at radius 2 is 1.97 bits per heavy atom. The fourth-order valence-electron chi connectivity index (χ4n) is 4.06. The molecule has 0 atom stereocenters. The van der Waals surface area contributed by atoms with E-state index in [1.807, 2.05) is 6.07 Å². The van der Waals surface area contributed by atoms with Crippen molar-refractivity contribution in [3.05, 3.63) is 68.4 Å². The lowest BCUT2D eigenvalue weighted by atomic mass is 9.87. The summed E-state index contributed by atoms with van der Waals surface area (Å²) >= 11 is 1.47. The summed E-state index contributed by atoms with van der Waals surface area (Å²) in [7, 11) is 2.15. The summed E-state index contributed by atoms with van der Waals surface area (Å²) in [6.45, 7) is 4.20. The molecular formula is C24H25NO3S. The lowest BCUT2D eigenvalue weighted by molar-refractivity contribution is -0.137. The molecule has 1 aliphatic heterocycles. The predicted molar refractivity (Wildman–Crippen MR) is 117 cm³/mol. The molecule has 5 heteroatoms. The number of carbonyl (C=O) groups excluding carboxylic acids is 2. The van der Waals surface area contributed by atoms with Crippen molar-refractivity contribution in [2.24, 2.45) is 0 Å². The van der Waals surface area contributed by atoms with Gasteiger partial charge < -0.3 is 9.64 Å². The second kappa shape index (κ2) is 8.47. The number of hydrogen-bond donors (Lipinski definition) is 0. The Bertz CT molecular complexity index is 1000. The van der Waals surface area contributed by atoms with Crippen LogP contribution in [0.1, 0.15) is 51.0 Å². The van der Waals surface area contributed by atoms with Gasteiger partial charge in [-0.25, -0.2) is 4.79 Å². The first-order valence-electron chi connectivity index (χ1n) is 10.1. The number of benzene rings is 1. The summed E-state index contributed by atoms with van der Waals surface area (Å²) in [6, 6.07) is 10.3. The van der Waals surface area contributed by atoms with E-state index in [1.54, 1.807) is 13.0 Å². The van der Waals surface area contributed by atoms with Gasteiger partial charge in [0.2, 0.25) is 0 Å². The third-order valence-electron chi connectivity index (χ3n) is 5.53. The quantitative estimate of drug-likeness (QED) is 0.551. The Hall–Kier alpha value is -2.50. The molecular weight excluding hydrogens is 382 g/mol. The van der Waals surface area contributed by atoms with Crippen LogP contribution in [-0.4, -0.2) is 43.4 Å². The van der Waals surface area contributed by atoms with Gasteiger partial charge in [0.25, 0.3) is 0 Å². The van der Waals surface area contributed by atoms with Gasteiger partial charge in [0, 0.05) is 36.0 Å². The van der Waals surface area contributed by atoms with Gasteiger partial charge in [-0.1, -0.05) is 29.8 Å². The van der Waals surface area contributed by atoms with Crippen LogP contribution in [0, 0.1) is 0 Å². The fourth-order valence-corrected chi connectivity index (χ4v) is 5.07. The first-order chi connectivity index (χ1) is 14.1. The average Bonchev–Trinajstić information content (AvgIpc) is 3.09. The van der Waals surface area contributed by atoms with Crippen LogP contribution in [0.15, 0.2) is 42.0 Å². The molecule has 2 aromatic rings. The van der Waals surface area contributed by atoms with E-state index in [-0.39, 0.29) is 11.8 Å². The number of carbonyl (C=O) groups is 2. The highest BCUT2D eigenvalue weighted by Crippen LogP contribution is 2.41. The Labute approximate surface area is 175 Å². The van der Waals surface area contributed by atoms with Crippen molar-refractivity contribution in [1.29, 1.82) is 0 Å². The van der Waals surface area contributed by atoms with Gasteiger partial charge >= 0.3 is 5.97 Å². The fraction of sp³-hybridized carbons (Fsp3) is 0.333. The molecule has 4 nitrogen and oxygen atoms in total. The highest BCUT2D eigenvalue weighted by Gasteiger charge is 2.28. The average molecular weight is 408 g/mol. The van der Waals surface area contributed by atoms with Crippen molar-refractivity contribution in [3.63, 3.8) is 0 Å². The van der Waals surface area contributed by atoms with Gasteiger partial charge in [0.15, 0.2) is 5.78 Å². The van der Waals surface area contributed by atoms with E-state index in [0.29, 0.717) is 13.0 Å². The van der Waals surface area contributed by atoms with Crippen molar-refractivity contribution in [3.8, 4) is 0 Å². The number of Topliss-reactive ketones (excluding diaryl/α,β-unsaturated/α-hetero) is 1. The molecule has 0 radical (unpaired) electrons. The predicted octanol–water partition coefficient (Wildman–Crippen LogP) is 4.59. The van der Waals surface area contributed by atoms with Gasteiger partial charge in [0.05, 0.1) is 11.5 Å². The molecule has 1 fully saturated rings. The SMILES string of the molecule is CCOC(=O)C=Cc1cc2c(s1)C(=O)Cc1ccccc1C2=C1CCN(C)CC1. The van der Waals surface area contributed by atoms with E-state index >= 15 is 0 Å². The third-order valence-corrected chi connectivity index (χ3v) is 6.67. The monoisotopic (exact) mass is 407 g/mol. The summed E-state index contributed by atoms with van der Waals surface area (Å²) in [5, 5.41) is 0. The van der Waals surface area contributed by atoms with Gasteiger partial charge in [-0.05, 0) is 55.7 Å². The van der Waals surface area contributed by atoms with E-state index in [9.17, 15) is 9.59 Å². The molecule has 0 saturated carbocycles. The van der Waals surface area contributed by atoms with Crippen LogP contribution in [0.4, 0.5) is 0 Å². The molecule has 0 N–H and O–H groups in total. The van der Waals surface area contributed by atoms with Crippen LogP contribution >= 0.6 is 11.3 Å². The van der Waals surface area contributed by atoms with Crippen molar-refractivity contribution in [1.82, 2.24) is 4.90 Å². The van der Waals surface area contributed by atoms with Crippen molar-refractivity contribution in [2.75, 3.05) is 26.7 Å². The molecule has 0 spiro atoms. The minimum atomic E-state index is -0.360. The molecule has 0 unspecified atom stereocenters. The Morgan fingerprint density at radius 3 is 2.72 bits per heavy atom. The number of hydrogen-bond acceptors (Lipinski definition) is 5. The molecule has 2 aliphatic rings. The lowest BCUT2D eigenvalue weighted by Crippen LogP contribution is -2.27. The molecule has 0 bridgehead atoms. The van der Waals surface area contributed by atoms with Crippen LogP contribution < -0.4 is 0 Å². The number of ether oxygens (including phenoxy) is 1. The van der Waals surface area contributed by atoms with Crippen LogP contribution in [0.2, 0.25) is 0 Å². The van der Waals surface area contributed by atoms with Crippen LogP contribution in [0.3, 0.4) is 0 Å². The molecule has 2 heterocycles. The summed E-state index contributed by atoms with van der Waals surface area (Å²) in [4.78, 5) is 28.8. The van der Waals surface area contributed by atoms with Gasteiger partial charge in [-0.2, -0.15) is 0 Å². The molecule has 1 aromatic carbocycles. The van der Waals surface area contributed by atoms with Crippen LogP contribution in [0.5, 0.6) is 0 Å². The van der Waals surface area contributed by atoms with Crippen LogP contribution in [-0.2, 0) is 16.0 Å². The lowest BCUT2D eigenvalue weighted by Gasteiger charge is -2.27. The summed E-state index contributed by atoms with van der Waals surface area (Å²) in [6.07, 6.45) is 5.64. The van der Waals surface area contributed by atoms with Crippen molar-refractivity contribution < 1.29 is 14.3 Å². The Kier molecular flexibility index (Phi) is 5.79. The van der Waals surface area contributed by atoms with Crippen molar-refractivity contribution in [2.45, 2.75) is 26.2 Å². The smallest absolute Gasteiger partial charge is 0.330 e. The number of piperidine rings is 1. The zero-order chi connectivity index (χ0) is 20.4. The third kappa shape index (κ3) is 4.11. The molecule has 150 valence electrons. The standard InChI is InChI=1S/C24H25NO3S/c1-3-28-22(27)9-8-18-15-20-23(16-10-12-25(2)13-11-16)19-7-5-4-6-17(19)14-21(26)24(20)29-18/h4-9,15H,3,10-14H2,1-2H3. The van der Waals surface area contributed by atoms with E-state index in [0.717, 1.165) is 46.8 Å². The van der Waals surface area contributed by atoms with E-state index < -0.39 is 0 Å². The maximum absolute atomic E-state index is 13.1. The van der Waals surface area contributed by atoms with E-state index in [2.05, 4.69) is 36.2 Å². The molecule has 1 saturated heterocycles.